The summed E-state index contributed by atoms with van der Waals surface area (Å²) < 4.78 is 6.44. The number of hydrogen-bond donors (Lipinski definition) is 1. The van der Waals surface area contributed by atoms with Gasteiger partial charge in [-0.05, 0) is 25.8 Å². The van der Waals surface area contributed by atoms with Gasteiger partial charge >= 0.3 is 0 Å². The van der Waals surface area contributed by atoms with E-state index in [1.165, 1.54) is 0 Å². The first-order chi connectivity index (χ1) is 15.2. The Morgan fingerprint density at radius 2 is 2.06 bits per heavy atom. The molecule has 2 saturated heterocycles. The van der Waals surface area contributed by atoms with Crippen molar-refractivity contribution in [2.45, 2.75) is 19.8 Å². The van der Waals surface area contributed by atoms with Crippen LogP contribution in [0.15, 0.2) is 18.3 Å². The lowest BCUT2D eigenvalue weighted by Gasteiger charge is -2.28. The highest BCUT2D eigenvalue weighted by atomic mass is 32.1. The van der Waals surface area contributed by atoms with Gasteiger partial charge in [0, 0.05) is 38.4 Å². The molecule has 0 saturated carbocycles. The maximum Gasteiger partial charge on any atom is 0.186 e. The van der Waals surface area contributed by atoms with Gasteiger partial charge in [-0.2, -0.15) is 5.26 Å². The number of pyridine rings is 1. The van der Waals surface area contributed by atoms with Crippen LogP contribution in [0.5, 0.6) is 0 Å². The van der Waals surface area contributed by atoms with Crippen molar-refractivity contribution in [1.82, 2.24) is 19.9 Å². The molecule has 1 N–H and O–H groups in total. The summed E-state index contributed by atoms with van der Waals surface area (Å²) >= 11 is 1.61. The van der Waals surface area contributed by atoms with Crippen LogP contribution < -0.4 is 15.1 Å². The minimum atomic E-state index is 0.0686. The summed E-state index contributed by atoms with van der Waals surface area (Å²) in [4.78, 5) is 23.0. The molecule has 5 heterocycles. The third-order valence-electron chi connectivity index (χ3n) is 5.57. The standard InChI is InChI=1S/C21H24N8OS/c1-14-24-17(11-18(25-14)28-7-9-30-10-8-28)27-20-19-16(4-5-23-20)26-21(31-19)29-6-2-3-15(12-22)13-29/h4-5,11,15H,2-3,6-10,13H2,1H3,(H,23,24,25,27). The first-order valence-corrected chi connectivity index (χ1v) is 11.4. The fourth-order valence-corrected chi connectivity index (χ4v) is 5.06. The van der Waals surface area contributed by atoms with Crippen LogP contribution in [-0.2, 0) is 4.74 Å². The number of fused-ring (bicyclic) bond motifs is 1. The van der Waals surface area contributed by atoms with Crippen molar-refractivity contribution < 1.29 is 4.74 Å². The van der Waals surface area contributed by atoms with Gasteiger partial charge in [-0.3, -0.25) is 0 Å². The van der Waals surface area contributed by atoms with Gasteiger partial charge in [-0.1, -0.05) is 11.3 Å². The van der Waals surface area contributed by atoms with E-state index in [1.807, 2.05) is 19.1 Å². The minimum absolute atomic E-state index is 0.0686. The average molecular weight is 437 g/mol. The van der Waals surface area contributed by atoms with E-state index in [4.69, 9.17) is 9.72 Å². The van der Waals surface area contributed by atoms with Crippen LogP contribution in [0.25, 0.3) is 10.2 Å². The number of anilines is 4. The molecule has 1 unspecified atom stereocenters. The molecule has 3 aromatic heterocycles. The Morgan fingerprint density at radius 1 is 1.19 bits per heavy atom. The third-order valence-corrected chi connectivity index (χ3v) is 6.71. The van der Waals surface area contributed by atoms with Gasteiger partial charge in [0.05, 0.1) is 35.4 Å². The number of nitriles is 1. The number of piperidine rings is 1. The van der Waals surface area contributed by atoms with Crippen molar-refractivity contribution in [3.63, 3.8) is 0 Å². The van der Waals surface area contributed by atoms with Gasteiger partial charge in [0.2, 0.25) is 0 Å². The second-order valence-corrected chi connectivity index (χ2v) is 8.78. The molecular formula is C21H24N8OS. The molecule has 160 valence electrons. The molecule has 3 aromatic rings. The topological polar surface area (TPSA) is 103 Å². The molecule has 0 amide bonds. The summed E-state index contributed by atoms with van der Waals surface area (Å²) in [7, 11) is 0. The maximum absolute atomic E-state index is 9.31. The molecule has 0 aliphatic carbocycles. The van der Waals surface area contributed by atoms with Crippen LogP contribution in [0.3, 0.4) is 0 Å². The Bertz CT molecular complexity index is 1120. The third kappa shape index (κ3) is 4.24. The zero-order valence-electron chi connectivity index (χ0n) is 17.4. The number of thiazole rings is 1. The highest BCUT2D eigenvalue weighted by Gasteiger charge is 2.23. The van der Waals surface area contributed by atoms with Gasteiger partial charge in [-0.15, -0.1) is 0 Å². The first kappa shape index (κ1) is 19.9. The maximum atomic E-state index is 9.31. The second-order valence-electron chi connectivity index (χ2n) is 7.80. The second kappa shape index (κ2) is 8.61. The summed E-state index contributed by atoms with van der Waals surface area (Å²) in [5.41, 5.74) is 0.899. The Morgan fingerprint density at radius 3 is 2.90 bits per heavy atom. The van der Waals surface area contributed by atoms with E-state index in [9.17, 15) is 5.26 Å². The van der Waals surface area contributed by atoms with E-state index in [-0.39, 0.29) is 5.92 Å². The zero-order chi connectivity index (χ0) is 21.2. The molecule has 9 nitrogen and oxygen atoms in total. The molecule has 0 aromatic carbocycles. The van der Waals surface area contributed by atoms with E-state index in [0.29, 0.717) is 24.9 Å². The minimum Gasteiger partial charge on any atom is -0.378 e. The van der Waals surface area contributed by atoms with Crippen LogP contribution in [0.2, 0.25) is 0 Å². The van der Waals surface area contributed by atoms with Crippen molar-refractivity contribution in [2.75, 3.05) is 54.5 Å². The van der Waals surface area contributed by atoms with Crippen molar-refractivity contribution in [3.8, 4) is 6.07 Å². The Hall–Kier alpha value is -3.03. The number of aryl methyl sites for hydroxylation is 1. The Kier molecular flexibility index (Phi) is 5.53. The highest BCUT2D eigenvalue weighted by molar-refractivity contribution is 7.22. The molecule has 0 radical (unpaired) electrons. The van der Waals surface area contributed by atoms with Crippen LogP contribution in [-0.4, -0.2) is 59.3 Å². The van der Waals surface area contributed by atoms with Gasteiger partial charge < -0.3 is 19.9 Å². The lowest BCUT2D eigenvalue weighted by Crippen LogP contribution is -2.36. The zero-order valence-corrected chi connectivity index (χ0v) is 18.2. The number of morpholine rings is 1. The number of aromatic nitrogens is 4. The molecule has 5 rings (SSSR count). The number of nitrogens with zero attached hydrogens (tertiary/aromatic N) is 7. The lowest BCUT2D eigenvalue weighted by atomic mass is 10.0. The summed E-state index contributed by atoms with van der Waals surface area (Å²) in [5, 5.41) is 13.6. The van der Waals surface area contributed by atoms with Gasteiger partial charge in [0.1, 0.15) is 17.5 Å². The van der Waals surface area contributed by atoms with Crippen molar-refractivity contribution in [1.29, 1.82) is 5.26 Å². The predicted octanol–water partition coefficient (Wildman–Crippen LogP) is 3.11. The number of nitrogens with one attached hydrogen (secondary N) is 1. The molecule has 2 aliphatic rings. The molecular weight excluding hydrogens is 412 g/mol. The Balaban J connectivity index is 1.42. The largest absolute Gasteiger partial charge is 0.378 e. The summed E-state index contributed by atoms with van der Waals surface area (Å²) in [5.74, 6) is 3.12. The number of ether oxygens (including phenoxy) is 1. The normalized spacial score (nSPS) is 19.4. The lowest BCUT2D eigenvalue weighted by molar-refractivity contribution is 0.122. The van der Waals surface area contributed by atoms with Gasteiger partial charge in [0.25, 0.3) is 0 Å². The molecule has 1 atom stereocenters. The van der Waals surface area contributed by atoms with Crippen molar-refractivity contribution in [3.05, 3.63) is 24.2 Å². The predicted molar refractivity (Wildman–Crippen MR) is 121 cm³/mol. The summed E-state index contributed by atoms with van der Waals surface area (Å²) in [6.07, 6.45) is 3.74. The van der Waals surface area contributed by atoms with E-state index in [1.54, 1.807) is 17.5 Å². The quantitative estimate of drug-likeness (QED) is 0.660. The van der Waals surface area contributed by atoms with Gasteiger partial charge in [0.15, 0.2) is 10.9 Å². The van der Waals surface area contributed by atoms with Crippen LogP contribution in [0, 0.1) is 24.2 Å². The summed E-state index contributed by atoms with van der Waals surface area (Å²) in [6, 6.07) is 6.29. The van der Waals surface area contributed by atoms with E-state index >= 15 is 0 Å². The SMILES string of the molecule is Cc1nc(Nc2nccc3nc(N4CCCC(C#N)C4)sc23)cc(N2CCOCC2)n1. The van der Waals surface area contributed by atoms with E-state index in [2.05, 4.69) is 36.1 Å². The molecule has 2 aliphatic heterocycles. The summed E-state index contributed by atoms with van der Waals surface area (Å²) in [6.45, 7) is 6.63. The molecule has 0 spiro atoms. The fourth-order valence-electron chi connectivity index (χ4n) is 4.02. The highest BCUT2D eigenvalue weighted by Crippen LogP contribution is 2.35. The van der Waals surface area contributed by atoms with Crippen molar-refractivity contribution >= 4 is 44.1 Å². The fraction of sp³-hybridized carbons (Fsp3) is 0.476. The monoisotopic (exact) mass is 436 g/mol. The Labute approximate surface area is 184 Å². The van der Waals surface area contributed by atoms with Gasteiger partial charge in [-0.25, -0.2) is 19.9 Å². The van der Waals surface area contributed by atoms with Crippen LogP contribution >= 0.6 is 11.3 Å². The molecule has 0 bridgehead atoms. The number of hydrogen-bond acceptors (Lipinski definition) is 10. The molecule has 31 heavy (non-hydrogen) atoms. The molecule has 10 heteroatoms. The van der Waals surface area contributed by atoms with Crippen LogP contribution in [0.4, 0.5) is 22.6 Å². The van der Waals surface area contributed by atoms with E-state index < -0.39 is 0 Å². The molecule has 2 fully saturated rings. The van der Waals surface area contributed by atoms with Crippen molar-refractivity contribution in [2.24, 2.45) is 5.92 Å². The number of rotatable bonds is 4. The van der Waals surface area contributed by atoms with E-state index in [0.717, 1.165) is 66.0 Å². The average Bonchev–Trinajstić information content (AvgIpc) is 3.25. The first-order valence-electron chi connectivity index (χ1n) is 10.5. The van der Waals surface area contributed by atoms with Crippen LogP contribution in [0.1, 0.15) is 18.7 Å². The smallest absolute Gasteiger partial charge is 0.186 e.